The molecule has 0 heterocycles. The highest BCUT2D eigenvalue weighted by atomic mass is 19.4. The molecular weight excluding hydrogens is 251 g/mol. The second-order valence-corrected chi connectivity index (χ2v) is 5.28. The van der Waals surface area contributed by atoms with Gasteiger partial charge in [-0.25, -0.2) is 0 Å². The SMILES string of the molecule is FC(F)(F)C1CCC(NCCc2ccccc2)CC1. The molecular formula is C15H20F3N. The van der Waals surface area contributed by atoms with Gasteiger partial charge in [0.25, 0.3) is 0 Å². The molecule has 0 aromatic heterocycles. The average molecular weight is 271 g/mol. The van der Waals surface area contributed by atoms with Crippen molar-refractivity contribution in [2.45, 2.75) is 44.3 Å². The first-order valence-electron chi connectivity index (χ1n) is 6.90. The molecule has 1 aromatic carbocycles. The van der Waals surface area contributed by atoms with Gasteiger partial charge in [0.2, 0.25) is 0 Å². The van der Waals surface area contributed by atoms with Crippen molar-refractivity contribution in [2.24, 2.45) is 5.92 Å². The molecule has 0 unspecified atom stereocenters. The molecule has 0 spiro atoms. The lowest BCUT2D eigenvalue weighted by atomic mass is 9.85. The van der Waals surface area contributed by atoms with Crippen LogP contribution in [0.3, 0.4) is 0 Å². The van der Waals surface area contributed by atoms with E-state index < -0.39 is 12.1 Å². The van der Waals surface area contributed by atoms with E-state index in [0.29, 0.717) is 12.8 Å². The van der Waals surface area contributed by atoms with Crippen molar-refractivity contribution in [2.75, 3.05) is 6.54 Å². The first kappa shape index (κ1) is 14.4. The van der Waals surface area contributed by atoms with Crippen molar-refractivity contribution in [1.29, 1.82) is 0 Å². The predicted octanol–water partition coefficient (Wildman–Crippen LogP) is 3.94. The lowest BCUT2D eigenvalue weighted by molar-refractivity contribution is -0.182. The Hall–Kier alpha value is -1.03. The Balaban J connectivity index is 1.66. The average Bonchev–Trinajstić information content (AvgIpc) is 2.39. The minimum Gasteiger partial charge on any atom is -0.314 e. The maximum absolute atomic E-state index is 12.5. The number of alkyl halides is 3. The number of hydrogen-bond acceptors (Lipinski definition) is 1. The summed E-state index contributed by atoms with van der Waals surface area (Å²) in [7, 11) is 0. The fourth-order valence-corrected chi connectivity index (χ4v) is 2.69. The van der Waals surface area contributed by atoms with Crippen LogP contribution in [0, 0.1) is 5.92 Å². The largest absolute Gasteiger partial charge is 0.391 e. The van der Waals surface area contributed by atoms with Crippen LogP contribution in [-0.2, 0) is 6.42 Å². The Morgan fingerprint density at radius 2 is 1.63 bits per heavy atom. The molecule has 0 radical (unpaired) electrons. The summed E-state index contributed by atoms with van der Waals surface area (Å²) in [5.74, 6) is -1.08. The second kappa shape index (κ2) is 6.42. The van der Waals surface area contributed by atoms with Gasteiger partial charge in [-0.2, -0.15) is 13.2 Å². The molecule has 0 atom stereocenters. The Morgan fingerprint density at radius 3 is 2.21 bits per heavy atom. The van der Waals surface area contributed by atoms with E-state index in [1.165, 1.54) is 5.56 Å². The number of halogens is 3. The zero-order valence-electron chi connectivity index (χ0n) is 10.9. The van der Waals surface area contributed by atoms with Gasteiger partial charge in [-0.05, 0) is 44.2 Å². The van der Waals surface area contributed by atoms with Crippen molar-refractivity contribution < 1.29 is 13.2 Å². The predicted molar refractivity (Wildman–Crippen MR) is 69.9 cm³/mol. The molecule has 0 bridgehead atoms. The number of hydrogen-bond donors (Lipinski definition) is 1. The summed E-state index contributed by atoms with van der Waals surface area (Å²) < 4.78 is 37.6. The van der Waals surface area contributed by atoms with Gasteiger partial charge in [0.05, 0.1) is 5.92 Å². The highest BCUT2D eigenvalue weighted by Gasteiger charge is 2.41. The molecule has 1 aliphatic rings. The monoisotopic (exact) mass is 271 g/mol. The van der Waals surface area contributed by atoms with Crippen molar-refractivity contribution in [3.05, 3.63) is 35.9 Å². The van der Waals surface area contributed by atoms with Crippen LogP contribution in [0.2, 0.25) is 0 Å². The van der Waals surface area contributed by atoms with Crippen LogP contribution in [0.15, 0.2) is 30.3 Å². The van der Waals surface area contributed by atoms with E-state index in [4.69, 9.17) is 0 Å². The third-order valence-electron chi connectivity index (χ3n) is 3.88. The van der Waals surface area contributed by atoms with Crippen molar-refractivity contribution in [3.8, 4) is 0 Å². The first-order valence-corrected chi connectivity index (χ1v) is 6.90. The lowest BCUT2D eigenvalue weighted by Crippen LogP contribution is -2.37. The lowest BCUT2D eigenvalue weighted by Gasteiger charge is -2.30. The molecule has 1 aromatic rings. The highest BCUT2D eigenvalue weighted by Crippen LogP contribution is 2.37. The van der Waals surface area contributed by atoms with Crippen LogP contribution < -0.4 is 5.32 Å². The Labute approximate surface area is 112 Å². The number of rotatable bonds is 4. The topological polar surface area (TPSA) is 12.0 Å². The van der Waals surface area contributed by atoms with Crippen molar-refractivity contribution in [3.63, 3.8) is 0 Å². The standard InChI is InChI=1S/C15H20F3N/c16-15(17,18)13-6-8-14(9-7-13)19-11-10-12-4-2-1-3-5-12/h1-5,13-14,19H,6-11H2. The zero-order valence-corrected chi connectivity index (χ0v) is 10.9. The number of nitrogens with one attached hydrogen (secondary N) is 1. The van der Waals surface area contributed by atoms with E-state index >= 15 is 0 Å². The Bertz CT molecular complexity index is 367. The summed E-state index contributed by atoms with van der Waals surface area (Å²) in [5, 5.41) is 3.37. The van der Waals surface area contributed by atoms with Crippen LogP contribution in [-0.4, -0.2) is 18.8 Å². The van der Waals surface area contributed by atoms with Crippen molar-refractivity contribution in [1.82, 2.24) is 5.32 Å². The van der Waals surface area contributed by atoms with Crippen LogP contribution in [0.1, 0.15) is 31.2 Å². The van der Waals surface area contributed by atoms with Gasteiger partial charge in [0.1, 0.15) is 0 Å². The van der Waals surface area contributed by atoms with Gasteiger partial charge in [-0.1, -0.05) is 30.3 Å². The molecule has 106 valence electrons. The normalized spacial score (nSPS) is 24.4. The fourth-order valence-electron chi connectivity index (χ4n) is 2.69. The van der Waals surface area contributed by atoms with Gasteiger partial charge >= 0.3 is 6.18 Å². The second-order valence-electron chi connectivity index (χ2n) is 5.28. The molecule has 1 fully saturated rings. The summed E-state index contributed by atoms with van der Waals surface area (Å²) in [4.78, 5) is 0. The van der Waals surface area contributed by atoms with Gasteiger partial charge in [-0.3, -0.25) is 0 Å². The Morgan fingerprint density at radius 1 is 1.00 bits per heavy atom. The van der Waals surface area contributed by atoms with Crippen LogP contribution in [0.25, 0.3) is 0 Å². The molecule has 0 saturated heterocycles. The molecule has 1 nitrogen and oxygen atoms in total. The molecule has 0 amide bonds. The van der Waals surface area contributed by atoms with E-state index in [-0.39, 0.29) is 18.9 Å². The van der Waals surface area contributed by atoms with E-state index in [1.807, 2.05) is 18.2 Å². The van der Waals surface area contributed by atoms with E-state index in [1.54, 1.807) is 0 Å². The minimum absolute atomic E-state index is 0.252. The van der Waals surface area contributed by atoms with Gasteiger partial charge < -0.3 is 5.32 Å². The maximum atomic E-state index is 12.5. The van der Waals surface area contributed by atoms with Crippen LogP contribution >= 0.6 is 0 Å². The molecule has 19 heavy (non-hydrogen) atoms. The van der Waals surface area contributed by atoms with E-state index in [2.05, 4.69) is 17.4 Å². The number of benzene rings is 1. The van der Waals surface area contributed by atoms with E-state index in [0.717, 1.165) is 13.0 Å². The van der Waals surface area contributed by atoms with Gasteiger partial charge in [0, 0.05) is 6.04 Å². The zero-order chi connectivity index (χ0) is 13.7. The maximum Gasteiger partial charge on any atom is 0.391 e. The third-order valence-corrected chi connectivity index (χ3v) is 3.88. The molecule has 2 rings (SSSR count). The van der Waals surface area contributed by atoms with Gasteiger partial charge in [0.15, 0.2) is 0 Å². The molecule has 1 saturated carbocycles. The summed E-state index contributed by atoms with van der Waals surface area (Å²) in [6.45, 7) is 0.839. The summed E-state index contributed by atoms with van der Waals surface area (Å²) >= 11 is 0. The minimum atomic E-state index is -4.00. The van der Waals surface area contributed by atoms with Crippen molar-refractivity contribution >= 4 is 0 Å². The highest BCUT2D eigenvalue weighted by molar-refractivity contribution is 5.14. The summed E-state index contributed by atoms with van der Waals surface area (Å²) in [6.07, 6.45) is -1.26. The quantitative estimate of drug-likeness (QED) is 0.874. The first-order chi connectivity index (χ1) is 9.05. The summed E-state index contributed by atoms with van der Waals surface area (Å²) in [6, 6.07) is 10.4. The fraction of sp³-hybridized carbons (Fsp3) is 0.600. The van der Waals surface area contributed by atoms with Crippen LogP contribution in [0.4, 0.5) is 13.2 Å². The smallest absolute Gasteiger partial charge is 0.314 e. The Kier molecular flexibility index (Phi) is 4.86. The van der Waals surface area contributed by atoms with Gasteiger partial charge in [-0.15, -0.1) is 0 Å². The van der Waals surface area contributed by atoms with E-state index in [9.17, 15) is 13.2 Å². The molecule has 1 N–H and O–H groups in total. The molecule has 1 aliphatic carbocycles. The van der Waals surface area contributed by atoms with Crippen LogP contribution in [0.5, 0.6) is 0 Å². The molecule has 4 heteroatoms. The third kappa shape index (κ3) is 4.53. The summed E-state index contributed by atoms with van der Waals surface area (Å²) in [5.41, 5.74) is 1.26. The molecule has 0 aliphatic heterocycles.